The van der Waals surface area contributed by atoms with Crippen LogP contribution in [-0.4, -0.2) is 12.1 Å². The van der Waals surface area contributed by atoms with Gasteiger partial charge in [-0.1, -0.05) is 23.7 Å². The van der Waals surface area contributed by atoms with E-state index < -0.39 is 0 Å². The van der Waals surface area contributed by atoms with Gasteiger partial charge in [0.05, 0.1) is 0 Å². The first-order chi connectivity index (χ1) is 6.92. The summed E-state index contributed by atoms with van der Waals surface area (Å²) in [6.45, 7) is 6.97. The van der Waals surface area contributed by atoms with Crippen LogP contribution >= 0.6 is 11.6 Å². The van der Waals surface area contributed by atoms with Gasteiger partial charge in [-0.25, -0.2) is 0 Å². The molecule has 0 aromatic heterocycles. The van der Waals surface area contributed by atoms with Crippen LogP contribution in [0.3, 0.4) is 0 Å². The molecule has 0 aliphatic rings. The van der Waals surface area contributed by atoms with Gasteiger partial charge < -0.3 is 11.1 Å². The molecule has 0 spiro atoms. The van der Waals surface area contributed by atoms with Crippen molar-refractivity contribution in [3.05, 3.63) is 34.9 Å². The summed E-state index contributed by atoms with van der Waals surface area (Å²) in [5, 5.41) is 4.23. The van der Waals surface area contributed by atoms with Crippen molar-refractivity contribution >= 4 is 11.6 Å². The Morgan fingerprint density at radius 3 is 2.20 bits per heavy atom. The lowest BCUT2D eigenvalue weighted by atomic mass is 10.0. The highest BCUT2D eigenvalue weighted by Gasteiger charge is 2.17. The molecule has 0 fully saturated rings. The molecular weight excluding hydrogens is 208 g/mol. The summed E-state index contributed by atoms with van der Waals surface area (Å²) in [7, 11) is 0. The molecule has 0 amide bonds. The molecule has 3 heteroatoms. The highest BCUT2D eigenvalue weighted by atomic mass is 35.5. The van der Waals surface area contributed by atoms with Gasteiger partial charge in [-0.3, -0.25) is 0 Å². The van der Waals surface area contributed by atoms with Crippen molar-refractivity contribution in [3.8, 4) is 0 Å². The van der Waals surface area contributed by atoms with Crippen molar-refractivity contribution < 1.29 is 0 Å². The molecule has 1 atom stereocenters. The zero-order valence-corrected chi connectivity index (χ0v) is 10.3. The lowest BCUT2D eigenvalue weighted by molar-refractivity contribution is 0.367. The van der Waals surface area contributed by atoms with Crippen LogP contribution in [0.15, 0.2) is 24.3 Å². The van der Waals surface area contributed by atoms with Crippen LogP contribution in [0.1, 0.15) is 32.4 Å². The Balaban J connectivity index is 2.79. The van der Waals surface area contributed by atoms with Crippen molar-refractivity contribution in [2.75, 3.05) is 6.54 Å². The molecule has 0 heterocycles. The van der Waals surface area contributed by atoms with E-state index in [1.807, 2.05) is 24.3 Å². The van der Waals surface area contributed by atoms with Crippen molar-refractivity contribution in [3.63, 3.8) is 0 Å². The first kappa shape index (κ1) is 12.5. The number of rotatable bonds is 3. The first-order valence-electron chi connectivity index (χ1n) is 5.15. The molecule has 1 aromatic carbocycles. The molecule has 0 aliphatic heterocycles. The van der Waals surface area contributed by atoms with E-state index in [0.29, 0.717) is 6.54 Å². The molecule has 84 valence electrons. The lowest BCUT2D eigenvalue weighted by Gasteiger charge is -2.28. The Kier molecular flexibility index (Phi) is 4.14. The highest BCUT2D eigenvalue weighted by Crippen LogP contribution is 2.18. The molecule has 1 unspecified atom stereocenters. The van der Waals surface area contributed by atoms with Crippen LogP contribution in [0.5, 0.6) is 0 Å². The molecule has 0 aliphatic carbocycles. The SMILES string of the molecule is CC(C)(C)NC(CN)c1ccc(Cl)cc1. The van der Waals surface area contributed by atoms with E-state index in [4.69, 9.17) is 17.3 Å². The van der Waals surface area contributed by atoms with Gasteiger partial charge in [-0.15, -0.1) is 0 Å². The number of hydrogen-bond donors (Lipinski definition) is 2. The fourth-order valence-electron chi connectivity index (χ4n) is 1.50. The summed E-state index contributed by atoms with van der Waals surface area (Å²) in [6.07, 6.45) is 0. The number of nitrogens with one attached hydrogen (secondary N) is 1. The number of hydrogen-bond acceptors (Lipinski definition) is 2. The van der Waals surface area contributed by atoms with E-state index in [-0.39, 0.29) is 11.6 Å². The van der Waals surface area contributed by atoms with Gasteiger partial charge in [0.1, 0.15) is 0 Å². The Hall–Kier alpha value is -0.570. The van der Waals surface area contributed by atoms with E-state index in [1.165, 1.54) is 5.56 Å². The Morgan fingerprint density at radius 1 is 1.27 bits per heavy atom. The third-order valence-corrected chi connectivity index (χ3v) is 2.37. The van der Waals surface area contributed by atoms with Crippen LogP contribution in [0.2, 0.25) is 5.02 Å². The van der Waals surface area contributed by atoms with E-state index in [0.717, 1.165) is 5.02 Å². The number of benzene rings is 1. The average molecular weight is 227 g/mol. The highest BCUT2D eigenvalue weighted by molar-refractivity contribution is 6.30. The van der Waals surface area contributed by atoms with Crippen LogP contribution in [0, 0.1) is 0 Å². The Labute approximate surface area is 96.8 Å². The molecule has 0 saturated heterocycles. The van der Waals surface area contributed by atoms with E-state index in [2.05, 4.69) is 26.1 Å². The van der Waals surface area contributed by atoms with Gasteiger partial charge in [0.25, 0.3) is 0 Å². The van der Waals surface area contributed by atoms with Crippen LogP contribution in [-0.2, 0) is 0 Å². The summed E-state index contributed by atoms with van der Waals surface area (Å²) in [4.78, 5) is 0. The first-order valence-corrected chi connectivity index (χ1v) is 5.53. The topological polar surface area (TPSA) is 38.0 Å². The second-order valence-electron chi connectivity index (χ2n) is 4.73. The summed E-state index contributed by atoms with van der Waals surface area (Å²) in [6, 6.07) is 7.99. The standard InChI is InChI=1S/C12H19ClN2/c1-12(2,3)15-11(8-14)9-4-6-10(13)7-5-9/h4-7,11,15H,8,14H2,1-3H3. The molecule has 0 bridgehead atoms. The molecule has 0 saturated carbocycles. The van der Waals surface area contributed by atoms with Gasteiger partial charge in [0, 0.05) is 23.1 Å². The predicted octanol–water partition coefficient (Wildman–Crippen LogP) is 2.73. The monoisotopic (exact) mass is 226 g/mol. The quantitative estimate of drug-likeness (QED) is 0.832. The normalized spacial score (nSPS) is 13.9. The lowest BCUT2D eigenvalue weighted by Crippen LogP contribution is -2.41. The smallest absolute Gasteiger partial charge is 0.0448 e. The van der Waals surface area contributed by atoms with Gasteiger partial charge in [0.2, 0.25) is 0 Å². The van der Waals surface area contributed by atoms with Crippen LogP contribution in [0.25, 0.3) is 0 Å². The minimum absolute atomic E-state index is 0.0592. The minimum atomic E-state index is 0.0592. The van der Waals surface area contributed by atoms with Crippen molar-refractivity contribution in [2.45, 2.75) is 32.4 Å². The van der Waals surface area contributed by atoms with Gasteiger partial charge in [0.15, 0.2) is 0 Å². The second kappa shape index (κ2) is 4.97. The molecule has 0 radical (unpaired) electrons. The molecule has 15 heavy (non-hydrogen) atoms. The summed E-state index contributed by atoms with van der Waals surface area (Å²) in [5.41, 5.74) is 6.99. The third-order valence-electron chi connectivity index (χ3n) is 2.12. The van der Waals surface area contributed by atoms with Crippen LogP contribution < -0.4 is 11.1 Å². The van der Waals surface area contributed by atoms with Crippen LogP contribution in [0.4, 0.5) is 0 Å². The summed E-state index contributed by atoms with van der Waals surface area (Å²) >= 11 is 5.84. The minimum Gasteiger partial charge on any atom is -0.329 e. The largest absolute Gasteiger partial charge is 0.329 e. The fourth-order valence-corrected chi connectivity index (χ4v) is 1.62. The predicted molar refractivity (Wildman–Crippen MR) is 66.1 cm³/mol. The number of nitrogens with two attached hydrogens (primary N) is 1. The van der Waals surface area contributed by atoms with Crippen molar-refractivity contribution in [1.82, 2.24) is 5.32 Å². The second-order valence-corrected chi connectivity index (χ2v) is 5.17. The molecule has 2 nitrogen and oxygen atoms in total. The van der Waals surface area contributed by atoms with E-state index in [1.54, 1.807) is 0 Å². The van der Waals surface area contributed by atoms with Gasteiger partial charge in [-0.2, -0.15) is 0 Å². The summed E-state index contributed by atoms with van der Waals surface area (Å²) in [5.74, 6) is 0. The van der Waals surface area contributed by atoms with E-state index in [9.17, 15) is 0 Å². The Morgan fingerprint density at radius 2 is 1.80 bits per heavy atom. The average Bonchev–Trinajstić information content (AvgIpc) is 2.14. The van der Waals surface area contributed by atoms with Crippen molar-refractivity contribution in [2.24, 2.45) is 5.73 Å². The Bertz CT molecular complexity index is 300. The number of halogens is 1. The maximum absolute atomic E-state index is 5.84. The maximum Gasteiger partial charge on any atom is 0.0448 e. The van der Waals surface area contributed by atoms with E-state index >= 15 is 0 Å². The summed E-state index contributed by atoms with van der Waals surface area (Å²) < 4.78 is 0. The zero-order chi connectivity index (χ0) is 11.5. The molecule has 1 rings (SSSR count). The van der Waals surface area contributed by atoms with Crippen molar-refractivity contribution in [1.29, 1.82) is 0 Å². The molecular formula is C12H19ClN2. The van der Waals surface area contributed by atoms with Gasteiger partial charge >= 0.3 is 0 Å². The van der Waals surface area contributed by atoms with Gasteiger partial charge in [-0.05, 0) is 38.5 Å². The third kappa shape index (κ3) is 4.20. The fraction of sp³-hybridized carbons (Fsp3) is 0.500. The zero-order valence-electron chi connectivity index (χ0n) is 9.55. The molecule has 3 N–H and O–H groups in total. The maximum atomic E-state index is 5.84. The molecule has 1 aromatic rings.